The SMILES string of the molecule is CC(N)c1ccc(C2CCSC2)c(Br)c1. The molecule has 0 saturated carbocycles. The van der Waals surface area contributed by atoms with Crippen LogP contribution in [-0.4, -0.2) is 11.5 Å². The van der Waals surface area contributed by atoms with Crippen molar-refractivity contribution in [2.45, 2.75) is 25.3 Å². The number of thioether (sulfide) groups is 1. The average molecular weight is 286 g/mol. The summed E-state index contributed by atoms with van der Waals surface area (Å²) >= 11 is 5.71. The molecule has 0 radical (unpaired) electrons. The van der Waals surface area contributed by atoms with Crippen molar-refractivity contribution in [1.82, 2.24) is 0 Å². The van der Waals surface area contributed by atoms with Gasteiger partial charge in [-0.05, 0) is 42.2 Å². The average Bonchev–Trinajstić information content (AvgIpc) is 2.70. The van der Waals surface area contributed by atoms with Gasteiger partial charge in [0.15, 0.2) is 0 Å². The fraction of sp³-hybridized carbons (Fsp3) is 0.500. The van der Waals surface area contributed by atoms with Crippen molar-refractivity contribution < 1.29 is 0 Å². The second-order valence-corrected chi connectivity index (χ2v) is 6.13. The molecule has 82 valence electrons. The lowest BCUT2D eigenvalue weighted by Crippen LogP contribution is -2.06. The van der Waals surface area contributed by atoms with Gasteiger partial charge in [-0.15, -0.1) is 0 Å². The minimum absolute atomic E-state index is 0.119. The van der Waals surface area contributed by atoms with Gasteiger partial charge >= 0.3 is 0 Å². The maximum Gasteiger partial charge on any atom is 0.0266 e. The summed E-state index contributed by atoms with van der Waals surface area (Å²) in [6, 6.07) is 6.68. The molecule has 1 nitrogen and oxygen atoms in total. The van der Waals surface area contributed by atoms with Gasteiger partial charge in [-0.1, -0.05) is 28.1 Å². The summed E-state index contributed by atoms with van der Waals surface area (Å²) in [5.74, 6) is 3.29. The van der Waals surface area contributed by atoms with E-state index in [9.17, 15) is 0 Å². The van der Waals surface area contributed by atoms with Crippen LogP contribution in [-0.2, 0) is 0 Å². The molecule has 2 rings (SSSR count). The molecular weight excluding hydrogens is 270 g/mol. The van der Waals surface area contributed by atoms with Crippen molar-refractivity contribution in [2.24, 2.45) is 5.73 Å². The van der Waals surface area contributed by atoms with Crippen LogP contribution in [0, 0.1) is 0 Å². The fourth-order valence-corrected chi connectivity index (χ4v) is 3.91. The van der Waals surface area contributed by atoms with Crippen molar-refractivity contribution in [3.05, 3.63) is 33.8 Å². The molecule has 0 amide bonds. The topological polar surface area (TPSA) is 26.0 Å². The first-order chi connectivity index (χ1) is 7.18. The van der Waals surface area contributed by atoms with Gasteiger partial charge in [-0.3, -0.25) is 0 Å². The molecule has 1 heterocycles. The Labute approximate surface area is 104 Å². The summed E-state index contributed by atoms with van der Waals surface area (Å²) in [6.07, 6.45) is 1.31. The highest BCUT2D eigenvalue weighted by Crippen LogP contribution is 2.36. The van der Waals surface area contributed by atoms with Crippen LogP contribution in [0.1, 0.15) is 36.4 Å². The molecular formula is C12H16BrNS. The Morgan fingerprint density at radius 3 is 2.87 bits per heavy atom. The van der Waals surface area contributed by atoms with E-state index in [2.05, 4.69) is 45.9 Å². The molecule has 0 aliphatic carbocycles. The second kappa shape index (κ2) is 4.89. The molecule has 15 heavy (non-hydrogen) atoms. The van der Waals surface area contributed by atoms with Crippen LogP contribution in [0.3, 0.4) is 0 Å². The van der Waals surface area contributed by atoms with Crippen molar-refractivity contribution in [2.75, 3.05) is 11.5 Å². The fourth-order valence-electron chi connectivity index (χ4n) is 1.94. The first kappa shape index (κ1) is 11.5. The van der Waals surface area contributed by atoms with E-state index in [4.69, 9.17) is 5.73 Å². The molecule has 1 aromatic carbocycles. The highest BCUT2D eigenvalue weighted by Gasteiger charge is 2.19. The lowest BCUT2D eigenvalue weighted by atomic mass is 9.96. The van der Waals surface area contributed by atoms with Gasteiger partial charge in [-0.2, -0.15) is 11.8 Å². The smallest absolute Gasteiger partial charge is 0.0266 e. The Morgan fingerprint density at radius 2 is 2.33 bits per heavy atom. The van der Waals surface area contributed by atoms with Gasteiger partial charge in [0, 0.05) is 16.3 Å². The maximum atomic E-state index is 5.86. The number of halogens is 1. The maximum absolute atomic E-state index is 5.86. The molecule has 0 aromatic heterocycles. The lowest BCUT2D eigenvalue weighted by molar-refractivity contribution is 0.771. The zero-order valence-electron chi connectivity index (χ0n) is 8.87. The first-order valence-electron chi connectivity index (χ1n) is 5.31. The van der Waals surface area contributed by atoms with Crippen molar-refractivity contribution in [3.8, 4) is 0 Å². The summed E-state index contributed by atoms with van der Waals surface area (Å²) in [5.41, 5.74) is 8.51. The molecule has 2 atom stereocenters. The van der Waals surface area contributed by atoms with Crippen LogP contribution in [0.25, 0.3) is 0 Å². The van der Waals surface area contributed by atoms with Crippen molar-refractivity contribution >= 4 is 27.7 Å². The standard InChI is InChI=1S/C12H16BrNS/c1-8(14)9-2-3-11(12(13)6-9)10-4-5-15-7-10/h2-3,6,8,10H,4-5,7,14H2,1H3. The van der Waals surface area contributed by atoms with E-state index < -0.39 is 0 Å². The van der Waals surface area contributed by atoms with Gasteiger partial charge in [0.2, 0.25) is 0 Å². The predicted octanol–water partition coefficient (Wildman–Crippen LogP) is 3.69. The van der Waals surface area contributed by atoms with E-state index in [0.717, 1.165) is 5.92 Å². The summed E-state index contributed by atoms with van der Waals surface area (Å²) in [6.45, 7) is 2.02. The zero-order valence-corrected chi connectivity index (χ0v) is 11.3. The molecule has 1 aliphatic rings. The van der Waals surface area contributed by atoms with E-state index in [0.29, 0.717) is 0 Å². The van der Waals surface area contributed by atoms with Crippen LogP contribution in [0.5, 0.6) is 0 Å². The Hall–Kier alpha value is 0.01000. The van der Waals surface area contributed by atoms with E-state index >= 15 is 0 Å². The Kier molecular flexibility index (Phi) is 3.75. The molecule has 2 N–H and O–H groups in total. The van der Waals surface area contributed by atoms with Gasteiger partial charge < -0.3 is 5.73 Å². The normalized spacial score (nSPS) is 23.0. The number of rotatable bonds is 2. The molecule has 2 unspecified atom stereocenters. The van der Waals surface area contributed by atoms with Crippen LogP contribution in [0.2, 0.25) is 0 Å². The van der Waals surface area contributed by atoms with E-state index in [1.807, 2.05) is 6.92 Å². The van der Waals surface area contributed by atoms with Crippen LogP contribution < -0.4 is 5.73 Å². The number of hydrogen-bond acceptors (Lipinski definition) is 2. The highest BCUT2D eigenvalue weighted by atomic mass is 79.9. The van der Waals surface area contributed by atoms with Gasteiger partial charge in [0.1, 0.15) is 0 Å². The Bertz CT molecular complexity index is 345. The first-order valence-corrected chi connectivity index (χ1v) is 7.26. The van der Waals surface area contributed by atoms with Crippen molar-refractivity contribution in [3.63, 3.8) is 0 Å². The highest BCUT2D eigenvalue weighted by molar-refractivity contribution is 9.10. The number of hydrogen-bond donors (Lipinski definition) is 1. The molecule has 1 aliphatic heterocycles. The molecule has 0 spiro atoms. The minimum atomic E-state index is 0.119. The molecule has 1 saturated heterocycles. The van der Waals surface area contributed by atoms with Gasteiger partial charge in [0.25, 0.3) is 0 Å². The van der Waals surface area contributed by atoms with Crippen LogP contribution in [0.15, 0.2) is 22.7 Å². The third kappa shape index (κ3) is 2.58. The minimum Gasteiger partial charge on any atom is -0.324 e. The lowest BCUT2D eigenvalue weighted by Gasteiger charge is -2.14. The summed E-state index contributed by atoms with van der Waals surface area (Å²) < 4.78 is 1.23. The third-order valence-electron chi connectivity index (χ3n) is 2.92. The third-order valence-corrected chi connectivity index (χ3v) is 4.77. The second-order valence-electron chi connectivity index (χ2n) is 4.13. The molecule has 3 heteroatoms. The van der Waals surface area contributed by atoms with E-state index in [1.165, 1.54) is 33.5 Å². The summed E-state index contributed by atoms with van der Waals surface area (Å²) in [5, 5.41) is 0. The number of benzene rings is 1. The molecule has 0 bridgehead atoms. The van der Waals surface area contributed by atoms with Crippen LogP contribution in [0.4, 0.5) is 0 Å². The Morgan fingerprint density at radius 1 is 1.53 bits per heavy atom. The summed E-state index contributed by atoms with van der Waals surface area (Å²) in [7, 11) is 0. The predicted molar refractivity (Wildman–Crippen MR) is 71.4 cm³/mol. The van der Waals surface area contributed by atoms with E-state index in [-0.39, 0.29) is 6.04 Å². The monoisotopic (exact) mass is 285 g/mol. The largest absolute Gasteiger partial charge is 0.324 e. The van der Waals surface area contributed by atoms with Crippen LogP contribution >= 0.6 is 27.7 Å². The zero-order chi connectivity index (χ0) is 10.8. The van der Waals surface area contributed by atoms with E-state index in [1.54, 1.807) is 0 Å². The molecule has 1 aromatic rings. The number of nitrogens with two attached hydrogens (primary N) is 1. The molecule has 1 fully saturated rings. The van der Waals surface area contributed by atoms with Gasteiger partial charge in [0.05, 0.1) is 0 Å². The van der Waals surface area contributed by atoms with Crippen molar-refractivity contribution in [1.29, 1.82) is 0 Å². The Balaban J connectivity index is 2.25. The quantitative estimate of drug-likeness (QED) is 0.897. The van der Waals surface area contributed by atoms with Gasteiger partial charge in [-0.25, -0.2) is 0 Å². The summed E-state index contributed by atoms with van der Waals surface area (Å²) in [4.78, 5) is 0.